The van der Waals surface area contributed by atoms with Gasteiger partial charge in [0.1, 0.15) is 11.9 Å². The van der Waals surface area contributed by atoms with Gasteiger partial charge in [0, 0.05) is 37.3 Å². The quantitative estimate of drug-likeness (QED) is 0.516. The number of piperidine rings is 1. The molecule has 28 heavy (non-hydrogen) atoms. The second-order valence-corrected chi connectivity index (χ2v) is 8.00. The fraction of sp³-hybridized carbons (Fsp3) is 0.682. The van der Waals surface area contributed by atoms with Crippen molar-refractivity contribution in [2.24, 2.45) is 4.99 Å². The zero-order chi connectivity index (χ0) is 19.8. The van der Waals surface area contributed by atoms with Crippen LogP contribution in [0.2, 0.25) is 0 Å². The number of rotatable bonds is 6. The van der Waals surface area contributed by atoms with Gasteiger partial charge in [0.25, 0.3) is 0 Å². The number of benzene rings is 1. The lowest BCUT2D eigenvalue weighted by Crippen LogP contribution is -2.51. The minimum atomic E-state index is -0.940. The zero-order valence-electron chi connectivity index (χ0n) is 17.0. The van der Waals surface area contributed by atoms with Crippen molar-refractivity contribution in [3.63, 3.8) is 0 Å². The standard InChI is InChI=1S/C22H35FN4O/c1-2-24-22(25-16-21(28)19-10-6-7-11-20(19)23)26-17-12-14-27(15-13-17)18-8-4-3-5-9-18/h6-7,10-11,17-18,21,28H,2-5,8-9,12-16H2,1H3,(H2,24,25,26). The Balaban J connectivity index is 1.50. The summed E-state index contributed by atoms with van der Waals surface area (Å²) in [6.45, 7) is 5.19. The minimum absolute atomic E-state index is 0.136. The summed E-state index contributed by atoms with van der Waals surface area (Å²) >= 11 is 0. The van der Waals surface area contributed by atoms with E-state index in [1.807, 2.05) is 6.92 Å². The predicted octanol–water partition coefficient (Wildman–Crippen LogP) is 3.21. The minimum Gasteiger partial charge on any atom is -0.386 e. The smallest absolute Gasteiger partial charge is 0.191 e. The molecule has 2 fully saturated rings. The number of hydrogen-bond acceptors (Lipinski definition) is 3. The van der Waals surface area contributed by atoms with E-state index in [9.17, 15) is 9.50 Å². The topological polar surface area (TPSA) is 59.9 Å². The highest BCUT2D eigenvalue weighted by Crippen LogP contribution is 2.25. The summed E-state index contributed by atoms with van der Waals surface area (Å²) in [4.78, 5) is 7.17. The van der Waals surface area contributed by atoms with Gasteiger partial charge in [-0.3, -0.25) is 4.99 Å². The summed E-state index contributed by atoms with van der Waals surface area (Å²) in [7, 11) is 0. The van der Waals surface area contributed by atoms with Crippen LogP contribution in [0.1, 0.15) is 63.5 Å². The Labute approximate surface area is 168 Å². The van der Waals surface area contributed by atoms with E-state index in [0.29, 0.717) is 17.6 Å². The summed E-state index contributed by atoms with van der Waals surface area (Å²) in [5.41, 5.74) is 0.294. The number of nitrogens with zero attached hydrogens (tertiary/aromatic N) is 2. The maximum absolute atomic E-state index is 13.8. The average Bonchev–Trinajstić information content (AvgIpc) is 2.73. The Hall–Kier alpha value is -1.66. The molecule has 1 saturated carbocycles. The first kappa shape index (κ1) is 21.1. The van der Waals surface area contributed by atoms with Crippen LogP contribution in [0.25, 0.3) is 0 Å². The van der Waals surface area contributed by atoms with Gasteiger partial charge in [-0.1, -0.05) is 37.5 Å². The third kappa shape index (κ3) is 5.92. The number of hydrogen-bond donors (Lipinski definition) is 3. The van der Waals surface area contributed by atoms with Crippen LogP contribution in [0.4, 0.5) is 4.39 Å². The van der Waals surface area contributed by atoms with E-state index in [4.69, 9.17) is 0 Å². The number of aliphatic hydroxyl groups excluding tert-OH is 1. The molecule has 1 aliphatic heterocycles. The summed E-state index contributed by atoms with van der Waals surface area (Å²) in [5, 5.41) is 17.0. The normalized spacial score (nSPS) is 21.5. The number of aliphatic imine (C=N–C) groups is 1. The van der Waals surface area contributed by atoms with Crippen LogP contribution in [0, 0.1) is 5.82 Å². The molecular formula is C22H35FN4O. The first-order chi connectivity index (χ1) is 13.7. The first-order valence-corrected chi connectivity index (χ1v) is 10.9. The van der Waals surface area contributed by atoms with Gasteiger partial charge in [0.15, 0.2) is 5.96 Å². The third-order valence-corrected chi connectivity index (χ3v) is 5.99. The van der Waals surface area contributed by atoms with Crippen molar-refractivity contribution < 1.29 is 9.50 Å². The van der Waals surface area contributed by atoms with E-state index in [2.05, 4.69) is 20.5 Å². The molecule has 1 aromatic rings. The molecule has 1 heterocycles. The maximum Gasteiger partial charge on any atom is 0.191 e. The number of likely N-dealkylation sites (tertiary alicyclic amines) is 1. The molecule has 156 valence electrons. The van der Waals surface area contributed by atoms with Crippen LogP contribution in [0.15, 0.2) is 29.3 Å². The van der Waals surface area contributed by atoms with Crippen LogP contribution in [-0.4, -0.2) is 54.2 Å². The molecule has 6 heteroatoms. The number of aliphatic hydroxyl groups is 1. The van der Waals surface area contributed by atoms with Crippen LogP contribution < -0.4 is 10.6 Å². The van der Waals surface area contributed by atoms with E-state index in [1.54, 1.807) is 18.2 Å². The molecular weight excluding hydrogens is 355 g/mol. The Morgan fingerprint density at radius 2 is 1.89 bits per heavy atom. The van der Waals surface area contributed by atoms with Gasteiger partial charge in [0.05, 0.1) is 6.54 Å². The third-order valence-electron chi connectivity index (χ3n) is 5.99. The van der Waals surface area contributed by atoms with Gasteiger partial charge in [0.2, 0.25) is 0 Å². The van der Waals surface area contributed by atoms with Gasteiger partial charge >= 0.3 is 0 Å². The van der Waals surface area contributed by atoms with E-state index >= 15 is 0 Å². The highest BCUT2D eigenvalue weighted by molar-refractivity contribution is 5.80. The van der Waals surface area contributed by atoms with Crippen molar-refractivity contribution in [3.8, 4) is 0 Å². The van der Waals surface area contributed by atoms with Gasteiger partial charge in [-0.15, -0.1) is 0 Å². The Kier molecular flexibility index (Phi) is 8.10. The Bertz CT molecular complexity index is 625. The number of halogens is 1. The Morgan fingerprint density at radius 3 is 2.57 bits per heavy atom. The van der Waals surface area contributed by atoms with E-state index in [1.165, 1.54) is 38.2 Å². The monoisotopic (exact) mass is 390 g/mol. The molecule has 1 saturated heterocycles. The summed E-state index contributed by atoms with van der Waals surface area (Å²) in [6.07, 6.45) is 8.15. The fourth-order valence-electron chi connectivity index (χ4n) is 4.39. The molecule has 2 aliphatic rings. The lowest BCUT2D eigenvalue weighted by atomic mass is 9.92. The van der Waals surface area contributed by atoms with E-state index in [-0.39, 0.29) is 6.54 Å². The predicted molar refractivity (Wildman–Crippen MR) is 112 cm³/mol. The van der Waals surface area contributed by atoms with Crippen molar-refractivity contribution in [2.45, 2.75) is 70.1 Å². The van der Waals surface area contributed by atoms with Crippen LogP contribution in [0.3, 0.4) is 0 Å². The van der Waals surface area contributed by atoms with Gasteiger partial charge < -0.3 is 20.6 Å². The molecule has 3 rings (SSSR count). The number of nitrogens with one attached hydrogen (secondary N) is 2. The molecule has 0 radical (unpaired) electrons. The zero-order valence-corrected chi connectivity index (χ0v) is 17.0. The van der Waals surface area contributed by atoms with Gasteiger partial charge in [-0.25, -0.2) is 4.39 Å². The molecule has 0 bridgehead atoms. The van der Waals surface area contributed by atoms with Crippen molar-refractivity contribution in [2.75, 3.05) is 26.2 Å². The molecule has 1 unspecified atom stereocenters. The molecule has 0 spiro atoms. The lowest BCUT2D eigenvalue weighted by molar-refractivity contribution is 0.119. The molecule has 0 aromatic heterocycles. The van der Waals surface area contributed by atoms with Crippen LogP contribution in [-0.2, 0) is 0 Å². The highest BCUT2D eigenvalue weighted by Gasteiger charge is 2.26. The summed E-state index contributed by atoms with van der Waals surface area (Å²) < 4.78 is 13.8. The lowest BCUT2D eigenvalue weighted by Gasteiger charge is -2.39. The van der Waals surface area contributed by atoms with E-state index < -0.39 is 11.9 Å². The molecule has 1 atom stereocenters. The summed E-state index contributed by atoms with van der Waals surface area (Å²) in [5.74, 6) is 0.312. The fourth-order valence-corrected chi connectivity index (χ4v) is 4.39. The first-order valence-electron chi connectivity index (χ1n) is 10.9. The van der Waals surface area contributed by atoms with Crippen LogP contribution in [0.5, 0.6) is 0 Å². The highest BCUT2D eigenvalue weighted by atomic mass is 19.1. The van der Waals surface area contributed by atoms with Crippen molar-refractivity contribution in [3.05, 3.63) is 35.6 Å². The van der Waals surface area contributed by atoms with Crippen molar-refractivity contribution >= 4 is 5.96 Å². The Morgan fingerprint density at radius 1 is 1.18 bits per heavy atom. The largest absolute Gasteiger partial charge is 0.386 e. The molecule has 1 aromatic carbocycles. The second kappa shape index (κ2) is 10.8. The van der Waals surface area contributed by atoms with Crippen molar-refractivity contribution in [1.29, 1.82) is 0 Å². The number of guanidine groups is 1. The van der Waals surface area contributed by atoms with Crippen molar-refractivity contribution in [1.82, 2.24) is 15.5 Å². The molecule has 5 nitrogen and oxygen atoms in total. The van der Waals surface area contributed by atoms with Crippen LogP contribution >= 0.6 is 0 Å². The maximum atomic E-state index is 13.8. The SMILES string of the molecule is CCNC(=NCC(O)c1ccccc1F)NC1CCN(C2CCCCC2)CC1. The van der Waals surface area contributed by atoms with Gasteiger partial charge in [-0.05, 0) is 38.7 Å². The van der Waals surface area contributed by atoms with E-state index in [0.717, 1.165) is 38.5 Å². The molecule has 1 aliphatic carbocycles. The summed E-state index contributed by atoms with van der Waals surface area (Å²) in [6, 6.07) is 7.51. The molecule has 0 amide bonds. The van der Waals surface area contributed by atoms with Gasteiger partial charge in [-0.2, -0.15) is 0 Å². The second-order valence-electron chi connectivity index (χ2n) is 8.00. The average molecular weight is 391 g/mol. The molecule has 3 N–H and O–H groups in total.